The van der Waals surface area contributed by atoms with Crippen molar-refractivity contribution in [3.05, 3.63) is 80.8 Å². The number of ether oxygens (including phenoxy) is 1. The van der Waals surface area contributed by atoms with Crippen LogP contribution in [0.4, 0.5) is 0 Å². The van der Waals surface area contributed by atoms with Gasteiger partial charge in [0, 0.05) is 22.5 Å². The average Bonchev–Trinajstić information content (AvgIpc) is 3.07. The van der Waals surface area contributed by atoms with E-state index in [1.807, 2.05) is 48.7 Å². The van der Waals surface area contributed by atoms with E-state index >= 15 is 0 Å². The Kier molecular flexibility index (Phi) is 6.26. The molecule has 0 saturated heterocycles. The Hall–Kier alpha value is -2.37. The highest BCUT2D eigenvalue weighted by atomic mass is 35.5. The molecule has 0 bridgehead atoms. The van der Waals surface area contributed by atoms with Crippen molar-refractivity contribution in [3.8, 4) is 5.75 Å². The number of carbonyl (C=O) groups is 1. The van der Waals surface area contributed by atoms with Crippen LogP contribution in [0.5, 0.6) is 5.75 Å². The molecule has 1 aromatic heterocycles. The van der Waals surface area contributed by atoms with Crippen molar-refractivity contribution in [2.24, 2.45) is 0 Å². The number of amides is 1. The summed E-state index contributed by atoms with van der Waals surface area (Å²) >= 11 is 7.47. The van der Waals surface area contributed by atoms with Gasteiger partial charge in [0.05, 0.1) is 10.7 Å². The number of rotatable bonds is 7. The number of carbonyl (C=O) groups excluding carboxylic acids is 1. The highest BCUT2D eigenvalue weighted by molar-refractivity contribution is 7.09. The maximum absolute atomic E-state index is 12.3. The molecule has 134 valence electrons. The second-order valence-corrected chi connectivity index (χ2v) is 7.31. The van der Waals surface area contributed by atoms with E-state index in [-0.39, 0.29) is 5.91 Å². The van der Waals surface area contributed by atoms with E-state index < -0.39 is 0 Å². The fourth-order valence-corrected chi connectivity index (χ4v) is 3.16. The van der Waals surface area contributed by atoms with Gasteiger partial charge < -0.3 is 10.1 Å². The summed E-state index contributed by atoms with van der Waals surface area (Å²) in [7, 11) is 0. The summed E-state index contributed by atoms with van der Waals surface area (Å²) in [5.41, 5.74) is 2.60. The van der Waals surface area contributed by atoms with Crippen LogP contribution in [0.1, 0.15) is 26.6 Å². The van der Waals surface area contributed by atoms with Crippen LogP contribution in [0.3, 0.4) is 0 Å². The SMILES string of the molecule is Cc1nc(COc2cccc(C(=O)NCCc3ccc(Cl)cc3)c2)cs1. The van der Waals surface area contributed by atoms with E-state index in [4.69, 9.17) is 16.3 Å². The van der Waals surface area contributed by atoms with Gasteiger partial charge in [0.25, 0.3) is 5.91 Å². The zero-order valence-corrected chi connectivity index (χ0v) is 15.9. The normalized spacial score (nSPS) is 10.5. The fraction of sp³-hybridized carbons (Fsp3) is 0.200. The summed E-state index contributed by atoms with van der Waals surface area (Å²) < 4.78 is 5.73. The van der Waals surface area contributed by atoms with Gasteiger partial charge in [-0.05, 0) is 49.2 Å². The number of aryl methyl sites for hydroxylation is 1. The second kappa shape index (κ2) is 8.83. The lowest BCUT2D eigenvalue weighted by Gasteiger charge is -2.08. The van der Waals surface area contributed by atoms with Crippen molar-refractivity contribution in [2.45, 2.75) is 20.0 Å². The van der Waals surface area contributed by atoms with Crippen LogP contribution in [0.25, 0.3) is 0 Å². The molecule has 2 aromatic carbocycles. The first kappa shape index (κ1) is 18.4. The molecular weight excluding hydrogens is 368 g/mol. The molecule has 0 unspecified atom stereocenters. The van der Waals surface area contributed by atoms with Crippen LogP contribution in [-0.2, 0) is 13.0 Å². The number of thiazole rings is 1. The van der Waals surface area contributed by atoms with E-state index in [1.165, 1.54) is 0 Å². The van der Waals surface area contributed by atoms with Gasteiger partial charge in [-0.2, -0.15) is 0 Å². The maximum atomic E-state index is 12.3. The summed E-state index contributed by atoms with van der Waals surface area (Å²) in [6.45, 7) is 2.92. The molecule has 0 aliphatic heterocycles. The lowest BCUT2D eigenvalue weighted by Crippen LogP contribution is -2.25. The van der Waals surface area contributed by atoms with Gasteiger partial charge in [0.1, 0.15) is 12.4 Å². The molecule has 0 fully saturated rings. The third kappa shape index (κ3) is 5.31. The number of hydrogen-bond acceptors (Lipinski definition) is 4. The minimum absolute atomic E-state index is 0.117. The Morgan fingerprint density at radius 1 is 1.23 bits per heavy atom. The van der Waals surface area contributed by atoms with Gasteiger partial charge in [0.2, 0.25) is 0 Å². The molecule has 0 spiro atoms. The molecule has 0 saturated carbocycles. The fourth-order valence-electron chi connectivity index (χ4n) is 2.43. The highest BCUT2D eigenvalue weighted by Gasteiger charge is 2.07. The van der Waals surface area contributed by atoms with Gasteiger partial charge in [-0.15, -0.1) is 11.3 Å². The van der Waals surface area contributed by atoms with E-state index in [1.54, 1.807) is 23.5 Å². The Bertz CT molecular complexity index is 878. The van der Waals surface area contributed by atoms with Crippen LogP contribution in [0.15, 0.2) is 53.9 Å². The van der Waals surface area contributed by atoms with Crippen LogP contribution < -0.4 is 10.1 Å². The van der Waals surface area contributed by atoms with Crippen LogP contribution in [-0.4, -0.2) is 17.4 Å². The first-order chi connectivity index (χ1) is 12.6. The standard InChI is InChI=1S/C20H19ClN2O2S/c1-14-23-18(13-26-14)12-25-19-4-2-3-16(11-19)20(24)22-10-9-15-5-7-17(21)8-6-15/h2-8,11,13H,9-10,12H2,1H3,(H,22,24). The summed E-state index contributed by atoms with van der Waals surface area (Å²) in [5, 5.41) is 6.63. The molecular formula is C20H19ClN2O2S. The Labute approximate surface area is 161 Å². The summed E-state index contributed by atoms with van der Waals surface area (Å²) in [4.78, 5) is 16.7. The first-order valence-corrected chi connectivity index (χ1v) is 9.52. The molecule has 0 atom stereocenters. The smallest absolute Gasteiger partial charge is 0.251 e. The van der Waals surface area contributed by atoms with E-state index in [9.17, 15) is 4.79 Å². The lowest BCUT2D eigenvalue weighted by molar-refractivity contribution is 0.0953. The van der Waals surface area contributed by atoms with Gasteiger partial charge in [-0.25, -0.2) is 4.98 Å². The number of aromatic nitrogens is 1. The summed E-state index contributed by atoms with van der Waals surface area (Å²) in [6.07, 6.45) is 0.752. The molecule has 1 N–H and O–H groups in total. The topological polar surface area (TPSA) is 51.2 Å². The number of benzene rings is 2. The highest BCUT2D eigenvalue weighted by Crippen LogP contribution is 2.16. The number of nitrogens with zero attached hydrogens (tertiary/aromatic N) is 1. The number of hydrogen-bond donors (Lipinski definition) is 1. The molecule has 1 amide bonds. The molecule has 26 heavy (non-hydrogen) atoms. The minimum Gasteiger partial charge on any atom is -0.487 e. The molecule has 3 aromatic rings. The van der Waals surface area contributed by atoms with Crippen LogP contribution >= 0.6 is 22.9 Å². The van der Waals surface area contributed by atoms with Crippen molar-refractivity contribution in [1.82, 2.24) is 10.3 Å². The quantitative estimate of drug-likeness (QED) is 0.642. The van der Waals surface area contributed by atoms with Gasteiger partial charge in [0.15, 0.2) is 0 Å². The van der Waals surface area contributed by atoms with Gasteiger partial charge in [-0.3, -0.25) is 4.79 Å². The Morgan fingerprint density at radius 3 is 2.77 bits per heavy atom. The predicted molar refractivity (Wildman–Crippen MR) is 105 cm³/mol. The van der Waals surface area contributed by atoms with E-state index in [0.29, 0.717) is 29.5 Å². The number of nitrogens with one attached hydrogen (secondary N) is 1. The predicted octanol–water partition coefficient (Wildman–Crippen LogP) is 4.66. The Morgan fingerprint density at radius 2 is 2.04 bits per heavy atom. The minimum atomic E-state index is -0.117. The molecule has 0 aliphatic rings. The van der Waals surface area contributed by atoms with E-state index in [2.05, 4.69) is 10.3 Å². The molecule has 0 aliphatic carbocycles. The van der Waals surface area contributed by atoms with Crippen LogP contribution in [0, 0.1) is 6.92 Å². The first-order valence-electron chi connectivity index (χ1n) is 8.27. The lowest BCUT2D eigenvalue weighted by atomic mass is 10.1. The molecule has 0 radical (unpaired) electrons. The van der Waals surface area contributed by atoms with Crippen molar-refractivity contribution in [3.63, 3.8) is 0 Å². The third-order valence-corrected chi connectivity index (χ3v) is 4.84. The van der Waals surface area contributed by atoms with Gasteiger partial charge in [-0.1, -0.05) is 29.8 Å². The Balaban J connectivity index is 1.51. The zero-order valence-electron chi connectivity index (χ0n) is 14.4. The molecule has 4 nitrogen and oxygen atoms in total. The van der Waals surface area contributed by atoms with E-state index in [0.717, 1.165) is 22.7 Å². The summed E-state index contributed by atoms with van der Waals surface area (Å²) in [6, 6.07) is 14.8. The van der Waals surface area contributed by atoms with Crippen molar-refractivity contribution >= 4 is 28.8 Å². The average molecular weight is 387 g/mol. The second-order valence-electron chi connectivity index (χ2n) is 5.81. The van der Waals surface area contributed by atoms with Crippen molar-refractivity contribution in [1.29, 1.82) is 0 Å². The van der Waals surface area contributed by atoms with Crippen molar-refractivity contribution < 1.29 is 9.53 Å². The summed E-state index contributed by atoms with van der Waals surface area (Å²) in [5.74, 6) is 0.537. The molecule has 1 heterocycles. The largest absolute Gasteiger partial charge is 0.487 e. The van der Waals surface area contributed by atoms with Crippen LogP contribution in [0.2, 0.25) is 5.02 Å². The van der Waals surface area contributed by atoms with Crippen molar-refractivity contribution in [2.75, 3.05) is 6.54 Å². The zero-order chi connectivity index (χ0) is 18.4. The van der Waals surface area contributed by atoms with Gasteiger partial charge >= 0.3 is 0 Å². The third-order valence-electron chi connectivity index (χ3n) is 3.76. The molecule has 6 heteroatoms. The monoisotopic (exact) mass is 386 g/mol. The number of halogens is 1. The molecule has 3 rings (SSSR count). The maximum Gasteiger partial charge on any atom is 0.251 e.